The molecule has 0 spiro atoms. The van der Waals surface area contributed by atoms with Crippen molar-refractivity contribution in [3.05, 3.63) is 168 Å². The summed E-state index contributed by atoms with van der Waals surface area (Å²) in [7, 11) is 0. The lowest BCUT2D eigenvalue weighted by atomic mass is 9.94. The van der Waals surface area contributed by atoms with Gasteiger partial charge in [0.05, 0.1) is 34.9 Å². The average molecular weight is 519 g/mol. The summed E-state index contributed by atoms with van der Waals surface area (Å²) in [6.45, 7) is 0. The molecule has 2 heterocycles. The molecule has 4 nitrogen and oxygen atoms in total. The topological polar surface area (TPSA) is 31.2 Å². The van der Waals surface area contributed by atoms with Crippen LogP contribution in [0.1, 0.15) is 47.2 Å². The molecule has 0 aromatic heterocycles. The summed E-state index contributed by atoms with van der Waals surface area (Å²) in [5.74, 6) is 0. The van der Waals surface area contributed by atoms with Crippen LogP contribution in [-0.2, 0) is 0 Å². The number of para-hydroxylation sites is 2. The molecule has 0 bridgehead atoms. The van der Waals surface area contributed by atoms with E-state index in [0.717, 1.165) is 35.6 Å². The third-order valence-corrected chi connectivity index (χ3v) is 7.78. The van der Waals surface area contributed by atoms with Crippen LogP contribution in [0.3, 0.4) is 0 Å². The molecule has 0 saturated heterocycles. The quantitative estimate of drug-likeness (QED) is 0.226. The van der Waals surface area contributed by atoms with E-state index in [9.17, 15) is 0 Å². The molecule has 0 radical (unpaired) electrons. The van der Waals surface area contributed by atoms with Crippen molar-refractivity contribution in [3.63, 3.8) is 0 Å². The molecule has 2 aliphatic heterocycles. The third-order valence-electron chi connectivity index (χ3n) is 7.78. The van der Waals surface area contributed by atoms with Crippen molar-refractivity contribution in [3.8, 4) is 0 Å². The van der Waals surface area contributed by atoms with Gasteiger partial charge in [-0.2, -0.15) is 10.2 Å². The Kier molecular flexibility index (Phi) is 6.42. The molecule has 5 aromatic carbocycles. The summed E-state index contributed by atoms with van der Waals surface area (Å²) in [4.78, 5) is 0. The maximum Gasteiger partial charge on any atom is 0.0831 e. The van der Waals surface area contributed by atoms with Crippen molar-refractivity contribution < 1.29 is 0 Å². The Hall–Kier alpha value is -4.96. The van der Waals surface area contributed by atoms with Gasteiger partial charge in [-0.1, -0.05) is 121 Å². The van der Waals surface area contributed by atoms with E-state index < -0.39 is 0 Å². The van der Waals surface area contributed by atoms with Gasteiger partial charge < -0.3 is 0 Å². The van der Waals surface area contributed by atoms with Crippen LogP contribution in [0.2, 0.25) is 0 Å². The number of nitrogens with zero attached hydrogens (tertiary/aromatic N) is 4. The van der Waals surface area contributed by atoms with Crippen molar-refractivity contribution in [2.24, 2.45) is 10.2 Å². The first-order valence-electron chi connectivity index (χ1n) is 13.9. The van der Waals surface area contributed by atoms with Gasteiger partial charge >= 0.3 is 0 Å². The lowest BCUT2D eigenvalue weighted by molar-refractivity contribution is 0.696. The van der Waals surface area contributed by atoms with E-state index in [1.807, 2.05) is 0 Å². The van der Waals surface area contributed by atoms with Crippen LogP contribution in [0.5, 0.6) is 0 Å². The highest BCUT2D eigenvalue weighted by atomic mass is 15.5. The normalized spacial score (nSPS) is 18.5. The molecular formula is C36H30N4. The second-order valence-corrected chi connectivity index (χ2v) is 10.3. The number of hydrogen-bond acceptors (Lipinski definition) is 4. The SMILES string of the molecule is c1ccc(C2=NN(c3ccccc3)C(c3ccc(C4CC(c5ccccc5)=NN4c4ccccc4)cc3)C2)cc1. The highest BCUT2D eigenvalue weighted by molar-refractivity contribution is 6.04. The van der Waals surface area contributed by atoms with E-state index in [2.05, 4.69) is 156 Å². The van der Waals surface area contributed by atoms with Crippen molar-refractivity contribution >= 4 is 22.8 Å². The maximum atomic E-state index is 5.10. The van der Waals surface area contributed by atoms with E-state index in [-0.39, 0.29) is 12.1 Å². The maximum absolute atomic E-state index is 5.10. The first-order chi connectivity index (χ1) is 19.8. The van der Waals surface area contributed by atoms with Crippen LogP contribution >= 0.6 is 0 Å². The van der Waals surface area contributed by atoms with Gasteiger partial charge in [0.25, 0.3) is 0 Å². The summed E-state index contributed by atoms with van der Waals surface area (Å²) in [5, 5.41) is 14.6. The Morgan fingerprint density at radius 3 is 1.07 bits per heavy atom. The largest absolute Gasteiger partial charge is 0.257 e. The van der Waals surface area contributed by atoms with Crippen LogP contribution in [0.4, 0.5) is 11.4 Å². The van der Waals surface area contributed by atoms with E-state index in [1.165, 1.54) is 22.3 Å². The molecular weight excluding hydrogens is 488 g/mol. The Balaban J connectivity index is 1.20. The summed E-state index contributed by atoms with van der Waals surface area (Å²) in [6, 6.07) is 51.4. The van der Waals surface area contributed by atoms with Crippen LogP contribution in [0.25, 0.3) is 0 Å². The van der Waals surface area contributed by atoms with Gasteiger partial charge in [0.15, 0.2) is 0 Å². The van der Waals surface area contributed by atoms with Crippen molar-refractivity contribution in [2.75, 3.05) is 10.0 Å². The molecule has 0 fully saturated rings. The molecule has 194 valence electrons. The van der Waals surface area contributed by atoms with E-state index in [4.69, 9.17) is 10.2 Å². The second kappa shape index (κ2) is 10.7. The molecule has 0 N–H and O–H groups in total. The standard InChI is InChI=1S/C36H30N4/c1-5-13-27(14-6-1)33-25-35(39(37-33)31-17-9-3-10-18-31)29-21-23-30(24-22-29)36-26-34(28-15-7-2-8-16-28)38-40(36)32-19-11-4-12-20-32/h1-24,35-36H,25-26H2. The monoisotopic (exact) mass is 518 g/mol. The Labute approximate surface area is 235 Å². The molecule has 0 aliphatic carbocycles. The van der Waals surface area contributed by atoms with Crippen molar-refractivity contribution in [1.82, 2.24) is 0 Å². The summed E-state index contributed by atoms with van der Waals surface area (Å²) in [6.07, 6.45) is 1.72. The smallest absolute Gasteiger partial charge is 0.0831 e. The van der Waals surface area contributed by atoms with Crippen LogP contribution in [0.15, 0.2) is 156 Å². The minimum absolute atomic E-state index is 0.136. The van der Waals surface area contributed by atoms with Crippen LogP contribution < -0.4 is 10.0 Å². The lowest BCUT2D eigenvalue weighted by Gasteiger charge is -2.26. The minimum Gasteiger partial charge on any atom is -0.257 e. The molecule has 7 rings (SSSR count). The molecule has 2 atom stereocenters. The minimum atomic E-state index is 0.136. The first kappa shape index (κ1) is 24.1. The molecule has 5 aromatic rings. The molecule has 0 amide bonds. The van der Waals surface area contributed by atoms with Crippen LogP contribution in [-0.4, -0.2) is 11.4 Å². The molecule has 4 heteroatoms. The lowest BCUT2D eigenvalue weighted by Crippen LogP contribution is -2.20. The van der Waals surface area contributed by atoms with E-state index in [1.54, 1.807) is 0 Å². The fraction of sp³-hybridized carbons (Fsp3) is 0.111. The molecule has 2 unspecified atom stereocenters. The van der Waals surface area contributed by atoms with Gasteiger partial charge in [-0.3, -0.25) is 10.0 Å². The fourth-order valence-electron chi connectivity index (χ4n) is 5.73. The third kappa shape index (κ3) is 4.69. The van der Waals surface area contributed by atoms with Crippen molar-refractivity contribution in [2.45, 2.75) is 24.9 Å². The number of benzene rings is 5. The summed E-state index contributed by atoms with van der Waals surface area (Å²) < 4.78 is 0. The van der Waals surface area contributed by atoms with Gasteiger partial charge in [0.1, 0.15) is 0 Å². The fourth-order valence-corrected chi connectivity index (χ4v) is 5.73. The Morgan fingerprint density at radius 1 is 0.400 bits per heavy atom. The zero-order valence-electron chi connectivity index (χ0n) is 22.2. The highest BCUT2D eigenvalue weighted by Crippen LogP contribution is 2.40. The Bertz CT molecular complexity index is 1500. The number of hydrazone groups is 2. The second-order valence-electron chi connectivity index (χ2n) is 10.3. The predicted molar refractivity (Wildman–Crippen MR) is 165 cm³/mol. The zero-order valence-corrected chi connectivity index (χ0v) is 22.2. The van der Waals surface area contributed by atoms with Gasteiger partial charge in [-0.05, 0) is 46.5 Å². The average Bonchev–Trinajstić information content (AvgIpc) is 3.69. The van der Waals surface area contributed by atoms with Crippen LogP contribution in [0, 0.1) is 0 Å². The number of hydrogen-bond donors (Lipinski definition) is 0. The van der Waals surface area contributed by atoms with E-state index in [0.29, 0.717) is 0 Å². The van der Waals surface area contributed by atoms with Gasteiger partial charge in [0.2, 0.25) is 0 Å². The summed E-state index contributed by atoms with van der Waals surface area (Å²) >= 11 is 0. The van der Waals surface area contributed by atoms with Gasteiger partial charge in [0, 0.05) is 12.8 Å². The number of anilines is 2. The zero-order chi connectivity index (χ0) is 26.7. The molecule has 2 aliphatic rings. The first-order valence-corrected chi connectivity index (χ1v) is 13.9. The van der Waals surface area contributed by atoms with Gasteiger partial charge in [-0.25, -0.2) is 0 Å². The Morgan fingerprint density at radius 2 is 0.725 bits per heavy atom. The molecule has 0 saturated carbocycles. The van der Waals surface area contributed by atoms with Gasteiger partial charge in [-0.15, -0.1) is 0 Å². The highest BCUT2D eigenvalue weighted by Gasteiger charge is 2.32. The molecule has 40 heavy (non-hydrogen) atoms. The number of rotatable bonds is 6. The predicted octanol–water partition coefficient (Wildman–Crippen LogP) is 8.40. The summed E-state index contributed by atoms with van der Waals surface area (Å²) in [5.41, 5.74) is 9.32. The van der Waals surface area contributed by atoms with E-state index >= 15 is 0 Å². The van der Waals surface area contributed by atoms with Crippen molar-refractivity contribution in [1.29, 1.82) is 0 Å².